The van der Waals surface area contributed by atoms with Crippen LogP contribution in [-0.4, -0.2) is 10.2 Å². The Balaban J connectivity index is 1.96. The second-order valence-corrected chi connectivity index (χ2v) is 4.71. The molecule has 6 heteroatoms. The van der Waals surface area contributed by atoms with Gasteiger partial charge in [0.2, 0.25) is 0 Å². The molecule has 3 rings (SSSR count). The van der Waals surface area contributed by atoms with Crippen molar-refractivity contribution in [2.24, 2.45) is 0 Å². The number of hydrogen-bond donors (Lipinski definition) is 3. The van der Waals surface area contributed by atoms with Crippen LogP contribution in [0.4, 0.5) is 5.69 Å². The molecular formula is C15H15N3O3. The minimum Gasteiger partial charge on any atom is -0.464 e. The highest BCUT2D eigenvalue weighted by molar-refractivity contribution is 5.92. The quantitative estimate of drug-likeness (QED) is 0.683. The van der Waals surface area contributed by atoms with Crippen LogP contribution in [0.2, 0.25) is 0 Å². The van der Waals surface area contributed by atoms with Gasteiger partial charge < -0.3 is 9.73 Å². The van der Waals surface area contributed by atoms with Gasteiger partial charge >= 0.3 is 0 Å². The highest BCUT2D eigenvalue weighted by Crippen LogP contribution is 2.18. The number of furan rings is 1. The van der Waals surface area contributed by atoms with E-state index in [1.54, 1.807) is 18.2 Å². The van der Waals surface area contributed by atoms with Gasteiger partial charge in [0.1, 0.15) is 11.5 Å². The van der Waals surface area contributed by atoms with Crippen LogP contribution < -0.4 is 16.4 Å². The molecule has 0 fully saturated rings. The van der Waals surface area contributed by atoms with E-state index in [1.807, 2.05) is 19.1 Å². The minimum atomic E-state index is -0.332. The first kappa shape index (κ1) is 13.2. The Kier molecular flexibility index (Phi) is 3.35. The van der Waals surface area contributed by atoms with Crippen molar-refractivity contribution in [2.75, 3.05) is 5.32 Å². The van der Waals surface area contributed by atoms with E-state index in [0.29, 0.717) is 23.0 Å². The highest BCUT2D eigenvalue weighted by Gasteiger charge is 2.08. The maximum absolute atomic E-state index is 11.9. The molecule has 0 saturated carbocycles. The van der Waals surface area contributed by atoms with Crippen LogP contribution in [-0.2, 0) is 13.0 Å². The standard InChI is InChI=1S/C15H15N3O3/c1-2-9-6-7-10(21-9)8-16-12-5-3-4-11-13(12)15(20)18-17-14(11)19/h3-7,16H,2,8H2,1H3,(H,17,19)(H,18,20). The van der Waals surface area contributed by atoms with Gasteiger partial charge in [0.15, 0.2) is 0 Å². The fourth-order valence-electron chi connectivity index (χ4n) is 2.27. The summed E-state index contributed by atoms with van der Waals surface area (Å²) in [4.78, 5) is 23.7. The van der Waals surface area contributed by atoms with Crippen LogP contribution in [0.3, 0.4) is 0 Å². The van der Waals surface area contributed by atoms with Gasteiger partial charge in [-0.05, 0) is 24.3 Å². The van der Waals surface area contributed by atoms with Crippen LogP contribution in [0.15, 0.2) is 44.3 Å². The summed E-state index contributed by atoms with van der Waals surface area (Å²) < 4.78 is 5.60. The zero-order valence-corrected chi connectivity index (χ0v) is 11.5. The minimum absolute atomic E-state index is 0.320. The molecule has 0 aliphatic heterocycles. The predicted octanol–water partition coefficient (Wildman–Crippen LogP) is 1.98. The molecule has 2 heterocycles. The highest BCUT2D eigenvalue weighted by atomic mass is 16.3. The molecule has 2 aromatic heterocycles. The number of hydrogen-bond acceptors (Lipinski definition) is 4. The third kappa shape index (κ3) is 2.47. The zero-order chi connectivity index (χ0) is 14.8. The summed E-state index contributed by atoms with van der Waals surface area (Å²) >= 11 is 0. The SMILES string of the molecule is CCc1ccc(CNc2cccc3c(=O)[nH][nH]c(=O)c23)o1. The zero-order valence-electron chi connectivity index (χ0n) is 11.5. The van der Waals surface area contributed by atoms with Crippen molar-refractivity contribution in [3.05, 3.63) is 62.6 Å². The largest absolute Gasteiger partial charge is 0.464 e. The molecule has 6 nitrogen and oxygen atoms in total. The second kappa shape index (κ2) is 5.32. The van der Waals surface area contributed by atoms with E-state index in [0.717, 1.165) is 17.9 Å². The summed E-state index contributed by atoms with van der Waals surface area (Å²) in [7, 11) is 0. The Hall–Kier alpha value is -2.76. The van der Waals surface area contributed by atoms with Gasteiger partial charge in [-0.1, -0.05) is 13.0 Å². The lowest BCUT2D eigenvalue weighted by molar-refractivity contribution is 0.476. The number of anilines is 1. The molecular weight excluding hydrogens is 270 g/mol. The third-order valence-corrected chi connectivity index (χ3v) is 3.34. The van der Waals surface area contributed by atoms with Crippen molar-refractivity contribution in [3.63, 3.8) is 0 Å². The van der Waals surface area contributed by atoms with E-state index < -0.39 is 0 Å². The topological polar surface area (TPSA) is 90.9 Å². The number of aromatic nitrogens is 2. The van der Waals surface area contributed by atoms with Crippen LogP contribution in [0.5, 0.6) is 0 Å². The molecule has 0 aliphatic carbocycles. The summed E-state index contributed by atoms with van der Waals surface area (Å²) in [5.74, 6) is 1.70. The van der Waals surface area contributed by atoms with Gasteiger partial charge in [-0.15, -0.1) is 0 Å². The van der Waals surface area contributed by atoms with Crippen LogP contribution in [0.25, 0.3) is 10.8 Å². The lowest BCUT2D eigenvalue weighted by Gasteiger charge is -2.07. The second-order valence-electron chi connectivity index (χ2n) is 4.71. The molecule has 0 bridgehead atoms. The molecule has 0 atom stereocenters. The number of nitrogens with one attached hydrogen (secondary N) is 3. The predicted molar refractivity (Wildman–Crippen MR) is 80.6 cm³/mol. The van der Waals surface area contributed by atoms with E-state index in [9.17, 15) is 9.59 Å². The van der Waals surface area contributed by atoms with E-state index in [-0.39, 0.29) is 11.1 Å². The van der Waals surface area contributed by atoms with Gasteiger partial charge in [0.05, 0.1) is 17.3 Å². The summed E-state index contributed by atoms with van der Waals surface area (Å²) in [5, 5.41) is 8.51. The Morgan fingerprint density at radius 1 is 1.05 bits per heavy atom. The molecule has 0 aliphatic rings. The van der Waals surface area contributed by atoms with Crippen molar-refractivity contribution in [3.8, 4) is 0 Å². The van der Waals surface area contributed by atoms with E-state index in [1.165, 1.54) is 0 Å². The number of aromatic amines is 2. The molecule has 1 aromatic carbocycles. The van der Waals surface area contributed by atoms with Crippen LogP contribution >= 0.6 is 0 Å². The third-order valence-electron chi connectivity index (χ3n) is 3.34. The molecule has 0 unspecified atom stereocenters. The Morgan fingerprint density at radius 3 is 2.57 bits per heavy atom. The van der Waals surface area contributed by atoms with Crippen molar-refractivity contribution in [1.82, 2.24) is 10.2 Å². The number of H-pyrrole nitrogens is 2. The van der Waals surface area contributed by atoms with Gasteiger partial charge in [0, 0.05) is 12.1 Å². The number of fused-ring (bicyclic) bond motifs is 1. The van der Waals surface area contributed by atoms with Gasteiger partial charge in [-0.3, -0.25) is 19.8 Å². The van der Waals surface area contributed by atoms with E-state index in [4.69, 9.17) is 4.42 Å². The maximum Gasteiger partial charge on any atom is 0.272 e. The van der Waals surface area contributed by atoms with Gasteiger partial charge in [0.25, 0.3) is 11.1 Å². The summed E-state index contributed by atoms with van der Waals surface area (Å²) in [6.07, 6.45) is 0.837. The van der Waals surface area contributed by atoms with Crippen LogP contribution in [0, 0.1) is 0 Å². The molecule has 3 aromatic rings. The lowest BCUT2D eigenvalue weighted by Crippen LogP contribution is -2.20. The molecule has 0 saturated heterocycles. The van der Waals surface area contributed by atoms with E-state index >= 15 is 0 Å². The molecule has 0 spiro atoms. The fraction of sp³-hybridized carbons (Fsp3) is 0.200. The average molecular weight is 285 g/mol. The maximum atomic E-state index is 11.9. The Labute approximate surface area is 119 Å². The molecule has 0 amide bonds. The van der Waals surface area contributed by atoms with E-state index in [2.05, 4.69) is 15.5 Å². The molecule has 3 N–H and O–H groups in total. The smallest absolute Gasteiger partial charge is 0.272 e. The van der Waals surface area contributed by atoms with Crippen LogP contribution in [0.1, 0.15) is 18.4 Å². The van der Waals surface area contributed by atoms with Gasteiger partial charge in [-0.2, -0.15) is 0 Å². The number of aryl methyl sites for hydroxylation is 1. The Bertz CT molecular complexity index is 889. The monoisotopic (exact) mass is 285 g/mol. The Morgan fingerprint density at radius 2 is 1.81 bits per heavy atom. The summed E-state index contributed by atoms with van der Waals surface area (Å²) in [5.41, 5.74) is -0.0461. The first-order chi connectivity index (χ1) is 10.2. The summed E-state index contributed by atoms with van der Waals surface area (Å²) in [6.45, 7) is 2.47. The number of rotatable bonds is 4. The first-order valence-electron chi connectivity index (χ1n) is 6.74. The fourth-order valence-corrected chi connectivity index (χ4v) is 2.27. The van der Waals surface area contributed by atoms with Crippen molar-refractivity contribution in [2.45, 2.75) is 19.9 Å². The molecule has 108 valence electrons. The lowest BCUT2D eigenvalue weighted by atomic mass is 10.1. The van der Waals surface area contributed by atoms with Crippen molar-refractivity contribution in [1.29, 1.82) is 0 Å². The normalized spacial score (nSPS) is 10.9. The number of benzene rings is 1. The van der Waals surface area contributed by atoms with Crippen molar-refractivity contribution >= 4 is 16.5 Å². The van der Waals surface area contributed by atoms with Crippen molar-refractivity contribution < 1.29 is 4.42 Å². The average Bonchev–Trinajstić information content (AvgIpc) is 2.97. The molecule has 21 heavy (non-hydrogen) atoms. The first-order valence-corrected chi connectivity index (χ1v) is 6.74. The summed E-state index contributed by atoms with van der Waals surface area (Å²) in [6, 6.07) is 8.95. The molecule has 0 radical (unpaired) electrons. The van der Waals surface area contributed by atoms with Gasteiger partial charge in [-0.25, -0.2) is 0 Å².